The third kappa shape index (κ3) is 5.76. The molecule has 38 heavy (non-hydrogen) atoms. The van der Waals surface area contributed by atoms with E-state index in [-0.39, 0.29) is 33.8 Å². The SMILES string of the molecule is [2H]c1c([2H])c([2H])c2c(c(-c3ccnc(Nc4cc(NC(=O)C(=C)F)c(N(C)CCN(C)C)cc4OC)n3)cn2C([2H])([2H])[2H])c1[2H]. The van der Waals surface area contributed by atoms with Crippen LogP contribution < -0.4 is 20.3 Å². The molecule has 2 N–H and O–H groups in total. The molecular formula is C28H32FN7O2. The first-order valence-corrected chi connectivity index (χ1v) is 11.5. The van der Waals surface area contributed by atoms with Gasteiger partial charge in [-0.1, -0.05) is 24.7 Å². The number of hydrogen-bond acceptors (Lipinski definition) is 7. The van der Waals surface area contributed by atoms with Crippen LogP contribution in [0, 0.1) is 0 Å². The Balaban J connectivity index is 1.83. The number of likely N-dealkylation sites (N-methyl/N-ethyl adjacent to an activating group) is 2. The van der Waals surface area contributed by atoms with E-state index in [1.165, 1.54) is 31.6 Å². The number of para-hydroxylation sites is 1. The molecule has 2 aromatic heterocycles. The van der Waals surface area contributed by atoms with Crippen LogP contribution in [0.15, 0.2) is 67.2 Å². The van der Waals surface area contributed by atoms with E-state index in [0.29, 0.717) is 30.2 Å². The van der Waals surface area contributed by atoms with Gasteiger partial charge >= 0.3 is 0 Å². The molecule has 0 atom stereocenters. The number of carbonyl (C=O) groups excluding carboxylic acids is 1. The van der Waals surface area contributed by atoms with Crippen molar-refractivity contribution in [1.29, 1.82) is 0 Å². The minimum absolute atomic E-state index is 0.0130. The molecule has 2 aromatic carbocycles. The number of hydrogen-bond donors (Lipinski definition) is 2. The first kappa shape index (κ1) is 18.8. The smallest absolute Gasteiger partial charge is 0.283 e. The van der Waals surface area contributed by atoms with E-state index >= 15 is 0 Å². The van der Waals surface area contributed by atoms with Crippen molar-refractivity contribution in [2.45, 2.75) is 0 Å². The van der Waals surface area contributed by atoms with Gasteiger partial charge in [-0.2, -0.15) is 0 Å². The Kier molecular flexibility index (Phi) is 5.58. The highest BCUT2D eigenvalue weighted by Crippen LogP contribution is 2.38. The summed E-state index contributed by atoms with van der Waals surface area (Å²) in [5, 5.41) is 5.52. The number of nitrogens with one attached hydrogen (secondary N) is 2. The summed E-state index contributed by atoms with van der Waals surface area (Å²) >= 11 is 0. The number of ether oxygens (including phenoxy) is 1. The van der Waals surface area contributed by atoms with Crippen LogP contribution in [0.5, 0.6) is 5.75 Å². The number of aryl methyl sites for hydroxylation is 1. The number of anilines is 4. The summed E-state index contributed by atoms with van der Waals surface area (Å²) in [6.45, 7) is 1.57. The van der Waals surface area contributed by atoms with Crippen LogP contribution in [0.4, 0.5) is 27.4 Å². The van der Waals surface area contributed by atoms with Crippen LogP contribution >= 0.6 is 0 Å². The van der Waals surface area contributed by atoms with Gasteiger partial charge in [0.25, 0.3) is 5.91 Å². The molecule has 0 saturated heterocycles. The fourth-order valence-corrected chi connectivity index (χ4v) is 3.74. The van der Waals surface area contributed by atoms with Crippen molar-refractivity contribution in [3.05, 3.63) is 67.2 Å². The molecule has 0 spiro atoms. The number of benzene rings is 2. The number of amides is 1. The lowest BCUT2D eigenvalue weighted by atomic mass is 10.1. The molecular weight excluding hydrogens is 485 g/mol. The minimum atomic E-state index is -2.75. The highest BCUT2D eigenvalue weighted by Gasteiger charge is 2.18. The summed E-state index contributed by atoms with van der Waals surface area (Å²) in [6, 6.07) is 2.66. The Bertz CT molecular complexity index is 1790. The van der Waals surface area contributed by atoms with Crippen molar-refractivity contribution in [3.63, 3.8) is 0 Å². The number of aromatic nitrogens is 3. The van der Waals surface area contributed by atoms with Gasteiger partial charge in [0.15, 0.2) is 5.83 Å². The Morgan fingerprint density at radius 1 is 1.24 bits per heavy atom. The van der Waals surface area contributed by atoms with Crippen molar-refractivity contribution >= 4 is 39.8 Å². The van der Waals surface area contributed by atoms with Crippen molar-refractivity contribution in [1.82, 2.24) is 19.4 Å². The second kappa shape index (κ2) is 11.3. The van der Waals surface area contributed by atoms with Gasteiger partial charge < -0.3 is 29.7 Å². The van der Waals surface area contributed by atoms with E-state index in [2.05, 4.69) is 27.2 Å². The predicted octanol–water partition coefficient (Wildman–Crippen LogP) is 4.81. The highest BCUT2D eigenvalue weighted by molar-refractivity contribution is 6.04. The van der Waals surface area contributed by atoms with Gasteiger partial charge in [-0.25, -0.2) is 14.4 Å². The maximum Gasteiger partial charge on any atom is 0.283 e. The second-order valence-electron chi connectivity index (χ2n) is 8.68. The molecule has 0 aliphatic heterocycles. The molecule has 0 saturated carbocycles. The summed E-state index contributed by atoms with van der Waals surface area (Å²) in [7, 11) is 7.09. The maximum absolute atomic E-state index is 13.7. The molecule has 10 heteroatoms. The summed E-state index contributed by atoms with van der Waals surface area (Å²) in [5.74, 6) is -1.85. The van der Waals surface area contributed by atoms with Crippen LogP contribution in [0.1, 0.15) is 9.60 Å². The first-order valence-electron chi connectivity index (χ1n) is 15.0. The number of rotatable bonds is 10. The molecule has 0 aliphatic carbocycles. The fourth-order valence-electron chi connectivity index (χ4n) is 3.74. The van der Waals surface area contributed by atoms with Crippen LogP contribution in [0.25, 0.3) is 22.2 Å². The van der Waals surface area contributed by atoms with Gasteiger partial charge in [0.05, 0.1) is 35.3 Å². The predicted molar refractivity (Wildman–Crippen MR) is 151 cm³/mol. The van der Waals surface area contributed by atoms with E-state index in [1.54, 1.807) is 6.07 Å². The second-order valence-corrected chi connectivity index (χ2v) is 8.68. The van der Waals surface area contributed by atoms with Crippen molar-refractivity contribution in [3.8, 4) is 17.0 Å². The molecule has 0 fully saturated rings. The van der Waals surface area contributed by atoms with E-state index in [0.717, 1.165) is 4.57 Å². The topological polar surface area (TPSA) is 87.6 Å². The molecule has 9 nitrogen and oxygen atoms in total. The lowest BCUT2D eigenvalue weighted by Gasteiger charge is -2.26. The number of methoxy groups -OCH3 is 1. The Morgan fingerprint density at radius 2 is 2.03 bits per heavy atom. The Morgan fingerprint density at radius 3 is 2.74 bits per heavy atom. The van der Waals surface area contributed by atoms with Gasteiger partial charge in [-0.3, -0.25) is 4.79 Å². The third-order valence-corrected chi connectivity index (χ3v) is 5.72. The summed E-state index contributed by atoms with van der Waals surface area (Å²) < 4.78 is 77.1. The minimum Gasteiger partial charge on any atom is -0.494 e. The quantitative estimate of drug-likeness (QED) is 0.288. The van der Waals surface area contributed by atoms with Crippen LogP contribution in [-0.2, 0) is 11.8 Å². The third-order valence-electron chi connectivity index (χ3n) is 5.72. The standard InChI is InChI=1S/C28H32FN7O2/c1-18(29)27(37)31-22-15-23(26(38-6)16-25(22)35(4)14-13-34(2)3)33-28-30-12-11-21(32-28)20-17-36(5)24-10-8-7-9-19(20)24/h7-12,15-17H,1,13-14H2,2-6H3,(H,31,37)(H,30,32,33)/i5D3,7D,8D,9D,10D. The number of fused-ring (bicyclic) bond motifs is 1. The van der Waals surface area contributed by atoms with E-state index in [4.69, 9.17) is 14.3 Å². The number of halogens is 1. The van der Waals surface area contributed by atoms with Crippen molar-refractivity contribution in [2.24, 2.45) is 6.98 Å². The largest absolute Gasteiger partial charge is 0.494 e. The summed E-state index contributed by atoms with van der Waals surface area (Å²) in [5.41, 5.74) is 1.22. The normalized spacial score (nSPS) is 14.0. The molecule has 0 aliphatic rings. The van der Waals surface area contributed by atoms with E-state index in [1.807, 2.05) is 30.9 Å². The molecule has 0 unspecified atom stereocenters. The first-order chi connectivity index (χ1) is 21.0. The Labute approximate surface area is 231 Å². The van der Waals surface area contributed by atoms with Gasteiger partial charge in [0, 0.05) is 66.2 Å². The Hall–Kier alpha value is -4.44. The highest BCUT2D eigenvalue weighted by atomic mass is 19.1. The van der Waals surface area contributed by atoms with Gasteiger partial charge in [0.1, 0.15) is 5.75 Å². The zero-order valence-corrected chi connectivity index (χ0v) is 21.4. The zero-order valence-electron chi connectivity index (χ0n) is 28.4. The lowest BCUT2D eigenvalue weighted by Crippen LogP contribution is -2.29. The average Bonchev–Trinajstić information content (AvgIpc) is 3.40. The van der Waals surface area contributed by atoms with Crippen molar-refractivity contribution < 1.29 is 23.5 Å². The molecule has 198 valence electrons. The van der Waals surface area contributed by atoms with Gasteiger partial charge in [-0.15, -0.1) is 0 Å². The van der Waals surface area contributed by atoms with Crippen LogP contribution in [-0.4, -0.2) is 66.7 Å². The number of nitrogens with zero attached hydrogens (tertiary/aromatic N) is 5. The maximum atomic E-state index is 13.7. The monoisotopic (exact) mass is 524 g/mol. The van der Waals surface area contributed by atoms with Crippen molar-refractivity contribution in [2.75, 3.05) is 56.9 Å². The fraction of sp³-hybridized carbons (Fsp3) is 0.250. The molecule has 4 rings (SSSR count). The average molecular weight is 525 g/mol. The summed E-state index contributed by atoms with van der Waals surface area (Å²) in [4.78, 5) is 24.9. The molecule has 4 aromatic rings. The van der Waals surface area contributed by atoms with Gasteiger partial charge in [-0.05, 0) is 32.3 Å². The molecule has 0 bridgehead atoms. The molecule has 0 radical (unpaired) electrons. The zero-order chi connectivity index (χ0) is 33.4. The van der Waals surface area contributed by atoms with E-state index < -0.39 is 42.9 Å². The summed E-state index contributed by atoms with van der Waals surface area (Å²) in [6.07, 6.45) is 2.61. The lowest BCUT2D eigenvalue weighted by molar-refractivity contribution is -0.114. The molecule has 1 amide bonds. The van der Waals surface area contributed by atoms with Gasteiger partial charge in [0.2, 0.25) is 5.95 Å². The van der Waals surface area contributed by atoms with Crippen LogP contribution in [0.3, 0.4) is 0 Å². The molecule has 2 heterocycles. The number of carbonyl (C=O) groups is 1. The van der Waals surface area contributed by atoms with Crippen LogP contribution in [0.2, 0.25) is 0 Å². The van der Waals surface area contributed by atoms with E-state index in [9.17, 15) is 9.18 Å².